The fourth-order valence-corrected chi connectivity index (χ4v) is 5.61. The van der Waals surface area contributed by atoms with Crippen molar-refractivity contribution in [2.45, 2.75) is 23.9 Å². The summed E-state index contributed by atoms with van der Waals surface area (Å²) < 4.78 is 6.00. The lowest BCUT2D eigenvalue weighted by Gasteiger charge is -2.32. The Morgan fingerprint density at radius 2 is 1.17 bits per heavy atom. The van der Waals surface area contributed by atoms with E-state index in [9.17, 15) is 30.6 Å². The summed E-state index contributed by atoms with van der Waals surface area (Å²) in [7, 11) is 1.56. The van der Waals surface area contributed by atoms with Crippen molar-refractivity contribution in [1.82, 2.24) is 0 Å². The number of phenolic OH excluding ortho intramolecular Hbond substituents is 6. The van der Waals surface area contributed by atoms with Gasteiger partial charge in [-0.15, -0.1) is 0 Å². The molecule has 0 radical (unpaired) electrons. The molecule has 0 spiro atoms. The van der Waals surface area contributed by atoms with Crippen molar-refractivity contribution < 1.29 is 35.4 Å². The Morgan fingerprint density at radius 3 is 1.75 bits per heavy atom. The van der Waals surface area contributed by atoms with Crippen LogP contribution < -0.4 is 0 Å². The third-order valence-electron chi connectivity index (χ3n) is 6.95. The van der Waals surface area contributed by atoms with Gasteiger partial charge in [0.05, 0.1) is 6.10 Å². The number of phenols is 6. The fraction of sp³-hybridized carbons (Fsp3) is 0.172. The largest absolute Gasteiger partial charge is 0.508 e. The number of methoxy groups -OCH3 is 1. The number of hydrogen-bond donors (Lipinski definition) is 6. The lowest BCUT2D eigenvalue weighted by atomic mass is 9.74. The molecule has 184 valence electrons. The highest BCUT2D eigenvalue weighted by Gasteiger charge is 2.48. The van der Waals surface area contributed by atoms with Crippen LogP contribution in [0.1, 0.15) is 51.7 Å². The van der Waals surface area contributed by atoms with Gasteiger partial charge in [-0.2, -0.15) is 0 Å². The van der Waals surface area contributed by atoms with Gasteiger partial charge >= 0.3 is 0 Å². The molecular weight excluding hydrogens is 460 g/mol. The van der Waals surface area contributed by atoms with Gasteiger partial charge in [-0.1, -0.05) is 24.3 Å². The zero-order valence-electron chi connectivity index (χ0n) is 19.4. The van der Waals surface area contributed by atoms with Crippen LogP contribution in [0.2, 0.25) is 0 Å². The summed E-state index contributed by atoms with van der Waals surface area (Å²) in [5.41, 5.74) is 3.38. The van der Waals surface area contributed by atoms with Crippen LogP contribution in [0.5, 0.6) is 34.5 Å². The molecule has 7 nitrogen and oxygen atoms in total. The van der Waals surface area contributed by atoms with E-state index >= 15 is 0 Å². The van der Waals surface area contributed by atoms with Crippen LogP contribution in [0, 0.1) is 0 Å². The van der Waals surface area contributed by atoms with Crippen molar-refractivity contribution in [2.75, 3.05) is 7.11 Å². The Labute approximate surface area is 207 Å². The highest BCUT2D eigenvalue weighted by Crippen LogP contribution is 2.62. The minimum atomic E-state index is -0.581. The van der Waals surface area contributed by atoms with E-state index in [0.29, 0.717) is 16.7 Å². The number of benzene rings is 4. The maximum Gasteiger partial charge on any atom is 0.123 e. The summed E-state index contributed by atoms with van der Waals surface area (Å²) >= 11 is 0. The van der Waals surface area contributed by atoms with Gasteiger partial charge in [-0.25, -0.2) is 0 Å². The topological polar surface area (TPSA) is 131 Å². The van der Waals surface area contributed by atoms with E-state index in [-0.39, 0.29) is 34.5 Å². The summed E-state index contributed by atoms with van der Waals surface area (Å²) in [6, 6.07) is 20.5. The van der Waals surface area contributed by atoms with E-state index in [1.807, 2.05) is 0 Å². The molecule has 0 saturated carbocycles. The zero-order chi connectivity index (χ0) is 25.6. The molecule has 0 aliphatic heterocycles. The number of ether oxygens (including phenoxy) is 1. The second-order valence-electron chi connectivity index (χ2n) is 9.12. The molecule has 0 fully saturated rings. The second kappa shape index (κ2) is 9.02. The van der Waals surface area contributed by atoms with Crippen molar-refractivity contribution in [2.24, 2.45) is 0 Å². The average molecular weight is 487 g/mol. The molecule has 6 N–H and O–H groups in total. The minimum absolute atomic E-state index is 0.0915. The van der Waals surface area contributed by atoms with Gasteiger partial charge in [0.25, 0.3) is 0 Å². The van der Waals surface area contributed by atoms with Gasteiger partial charge in [0, 0.05) is 42.6 Å². The smallest absolute Gasteiger partial charge is 0.123 e. The van der Waals surface area contributed by atoms with Crippen molar-refractivity contribution in [3.63, 3.8) is 0 Å². The van der Waals surface area contributed by atoms with Gasteiger partial charge in [-0.3, -0.25) is 0 Å². The van der Waals surface area contributed by atoms with E-state index in [2.05, 4.69) is 0 Å². The Balaban J connectivity index is 1.81. The highest BCUT2D eigenvalue weighted by molar-refractivity contribution is 5.61. The predicted octanol–water partition coefficient (Wildman–Crippen LogP) is 5.32. The predicted molar refractivity (Wildman–Crippen MR) is 133 cm³/mol. The molecule has 5 rings (SSSR count). The zero-order valence-corrected chi connectivity index (χ0v) is 19.4. The van der Waals surface area contributed by atoms with E-state index < -0.39 is 23.9 Å². The molecule has 1 aliphatic carbocycles. The Morgan fingerprint density at radius 1 is 0.611 bits per heavy atom. The first kappa shape index (κ1) is 23.4. The van der Waals surface area contributed by atoms with Crippen LogP contribution in [-0.4, -0.2) is 37.7 Å². The first-order chi connectivity index (χ1) is 17.3. The summed E-state index contributed by atoms with van der Waals surface area (Å²) in [4.78, 5) is 0. The van der Waals surface area contributed by atoms with Gasteiger partial charge in [0.2, 0.25) is 0 Å². The quantitative estimate of drug-likeness (QED) is 0.225. The van der Waals surface area contributed by atoms with Crippen molar-refractivity contribution >= 4 is 0 Å². The van der Waals surface area contributed by atoms with Crippen molar-refractivity contribution in [3.8, 4) is 34.5 Å². The molecule has 0 heterocycles. The molecule has 0 saturated heterocycles. The Hall–Kier alpha value is -4.36. The molecule has 0 bridgehead atoms. The summed E-state index contributed by atoms with van der Waals surface area (Å²) in [5, 5.41) is 62.0. The molecule has 4 aromatic carbocycles. The summed E-state index contributed by atoms with van der Waals surface area (Å²) in [6.45, 7) is 0. The molecule has 36 heavy (non-hydrogen) atoms. The minimum Gasteiger partial charge on any atom is -0.508 e. The number of hydrogen-bond acceptors (Lipinski definition) is 7. The third kappa shape index (κ3) is 4.03. The number of rotatable bonds is 5. The number of aromatic hydroxyl groups is 6. The standard InChI is InChI=1S/C29H26O7/c1-36-29(16-4-8-19(31)9-5-16)28-23-13-22(34)14-24(35)27(23)25(15-2-6-18(30)7-3-15)26(28)17-10-20(32)12-21(33)11-17/h2-14,25-26,28-35H,1H3/t25-,26-,28-,29+/m1/s1. The fourth-order valence-electron chi connectivity index (χ4n) is 5.61. The van der Waals surface area contributed by atoms with Crippen LogP contribution >= 0.6 is 0 Å². The van der Waals surface area contributed by atoms with Crippen LogP contribution in [0.3, 0.4) is 0 Å². The van der Waals surface area contributed by atoms with E-state index in [0.717, 1.165) is 11.1 Å². The second-order valence-corrected chi connectivity index (χ2v) is 9.12. The SMILES string of the molecule is CO[C@@H](c1ccc(O)cc1)[C@@H]1c2cc(O)cc(O)c2[C@H](c2ccc(O)cc2)[C@H]1c1cc(O)cc(O)c1. The lowest BCUT2D eigenvalue weighted by molar-refractivity contribution is 0.0717. The first-order valence-corrected chi connectivity index (χ1v) is 11.5. The normalized spacial score (nSPS) is 19.6. The van der Waals surface area contributed by atoms with Gasteiger partial charge in [0.1, 0.15) is 34.5 Å². The molecule has 7 heteroatoms. The lowest BCUT2D eigenvalue weighted by Crippen LogP contribution is -2.19. The third-order valence-corrected chi connectivity index (χ3v) is 6.95. The molecule has 0 unspecified atom stereocenters. The van der Waals surface area contributed by atoms with E-state index in [1.165, 1.54) is 12.1 Å². The van der Waals surface area contributed by atoms with Crippen LogP contribution in [-0.2, 0) is 4.74 Å². The maximum absolute atomic E-state index is 11.1. The van der Waals surface area contributed by atoms with Gasteiger partial charge < -0.3 is 35.4 Å². The first-order valence-electron chi connectivity index (χ1n) is 11.5. The van der Waals surface area contributed by atoms with Crippen LogP contribution in [0.15, 0.2) is 78.9 Å². The number of fused-ring (bicyclic) bond motifs is 1. The highest BCUT2D eigenvalue weighted by atomic mass is 16.5. The molecule has 0 amide bonds. The van der Waals surface area contributed by atoms with E-state index in [1.54, 1.807) is 73.8 Å². The van der Waals surface area contributed by atoms with Crippen LogP contribution in [0.25, 0.3) is 0 Å². The Bertz CT molecular complexity index is 1380. The summed E-state index contributed by atoms with van der Waals surface area (Å²) in [5.74, 6) is -1.66. The van der Waals surface area contributed by atoms with Crippen molar-refractivity contribution in [1.29, 1.82) is 0 Å². The molecule has 4 atom stereocenters. The molecule has 1 aliphatic rings. The van der Waals surface area contributed by atoms with Gasteiger partial charge in [0.15, 0.2) is 0 Å². The summed E-state index contributed by atoms with van der Waals surface area (Å²) in [6.07, 6.45) is -0.581. The average Bonchev–Trinajstić information content (AvgIpc) is 3.16. The monoisotopic (exact) mass is 486 g/mol. The molecule has 4 aromatic rings. The van der Waals surface area contributed by atoms with E-state index in [4.69, 9.17) is 4.74 Å². The van der Waals surface area contributed by atoms with Crippen molar-refractivity contribution in [3.05, 3.63) is 107 Å². The van der Waals surface area contributed by atoms with Gasteiger partial charge in [-0.05, 0) is 64.7 Å². The Kier molecular flexibility index (Phi) is 5.86. The molecule has 0 aromatic heterocycles. The van der Waals surface area contributed by atoms with Crippen LogP contribution in [0.4, 0.5) is 0 Å². The molecular formula is C29H26O7. The maximum atomic E-state index is 11.1.